The minimum absolute atomic E-state index is 0.0255. The summed E-state index contributed by atoms with van der Waals surface area (Å²) in [5, 5.41) is 7.97. The molecule has 8 nitrogen and oxygen atoms in total. The largest absolute Gasteiger partial charge is 0.323 e. The number of aromatic nitrogens is 5. The van der Waals surface area contributed by atoms with Crippen LogP contribution in [0.1, 0.15) is 44.3 Å². The second-order valence-electron chi connectivity index (χ2n) is 9.33. The molecule has 1 amide bonds. The van der Waals surface area contributed by atoms with Gasteiger partial charge in [0, 0.05) is 45.9 Å². The molecule has 0 saturated carbocycles. The molecule has 0 radical (unpaired) electrons. The van der Waals surface area contributed by atoms with Crippen molar-refractivity contribution in [2.24, 2.45) is 13.0 Å². The normalized spacial score (nSPS) is 18.2. The van der Waals surface area contributed by atoms with Gasteiger partial charge in [0.25, 0.3) is 5.56 Å². The fourth-order valence-electron chi connectivity index (χ4n) is 4.74. The molecule has 1 aromatic carbocycles. The highest BCUT2D eigenvalue weighted by Gasteiger charge is 2.23. The molecule has 2 bridgehead atoms. The summed E-state index contributed by atoms with van der Waals surface area (Å²) >= 11 is 9.71. The second-order valence-corrected chi connectivity index (χ2v) is 10.6. The van der Waals surface area contributed by atoms with Crippen LogP contribution in [-0.2, 0) is 11.8 Å². The maximum atomic E-state index is 13.4. The number of nitrogens with one attached hydrogen (secondary N) is 1. The van der Waals surface area contributed by atoms with Gasteiger partial charge in [-0.3, -0.25) is 23.8 Å². The van der Waals surface area contributed by atoms with E-state index in [9.17, 15) is 9.59 Å². The fraction of sp³-hybridized carbons (Fsp3) is 0.296. The molecule has 10 heteroatoms. The van der Waals surface area contributed by atoms with Crippen LogP contribution in [0.15, 0.2) is 64.4 Å². The average Bonchev–Trinajstić information content (AvgIpc) is 3.25. The van der Waals surface area contributed by atoms with Crippen LogP contribution >= 0.6 is 27.5 Å². The van der Waals surface area contributed by atoms with Gasteiger partial charge in [0.05, 0.1) is 41.3 Å². The van der Waals surface area contributed by atoms with Crippen LogP contribution in [0.3, 0.4) is 0 Å². The summed E-state index contributed by atoms with van der Waals surface area (Å²) < 4.78 is 4.19. The molecule has 5 rings (SSSR count). The van der Waals surface area contributed by atoms with E-state index < -0.39 is 0 Å². The van der Waals surface area contributed by atoms with E-state index in [0.29, 0.717) is 22.8 Å². The van der Waals surface area contributed by atoms with Crippen molar-refractivity contribution >= 4 is 39.1 Å². The first-order chi connectivity index (χ1) is 17.8. The topological polar surface area (TPSA) is 94.7 Å². The summed E-state index contributed by atoms with van der Waals surface area (Å²) in [4.78, 5) is 35.5. The third kappa shape index (κ3) is 5.24. The van der Waals surface area contributed by atoms with Crippen molar-refractivity contribution in [3.8, 4) is 22.5 Å². The number of rotatable bonds is 2. The summed E-state index contributed by atoms with van der Waals surface area (Å²) in [5.41, 5.74) is 4.17. The molecule has 4 aromatic rings. The van der Waals surface area contributed by atoms with Crippen LogP contribution in [0.2, 0.25) is 5.02 Å². The Morgan fingerprint density at radius 3 is 2.70 bits per heavy atom. The number of fused-ring (bicyclic) bond motifs is 4. The van der Waals surface area contributed by atoms with Crippen LogP contribution in [0, 0.1) is 5.92 Å². The zero-order chi connectivity index (χ0) is 26.1. The molecular weight excluding hydrogens is 556 g/mol. The molecule has 4 heterocycles. The number of carbonyl (C=O) groups excluding carboxylic acids is 1. The number of amides is 1. The first-order valence-corrected chi connectivity index (χ1v) is 13.3. The number of hydrogen-bond acceptors (Lipinski definition) is 5. The minimum atomic E-state index is -0.312. The lowest BCUT2D eigenvalue weighted by molar-refractivity contribution is -0.119. The van der Waals surface area contributed by atoms with Crippen LogP contribution in [0.5, 0.6) is 0 Å². The van der Waals surface area contributed by atoms with Gasteiger partial charge in [-0.1, -0.05) is 47.3 Å². The Morgan fingerprint density at radius 2 is 1.89 bits per heavy atom. The number of benzene rings is 1. The van der Waals surface area contributed by atoms with E-state index in [1.807, 2.05) is 32.2 Å². The van der Waals surface area contributed by atoms with E-state index in [2.05, 4.69) is 36.3 Å². The van der Waals surface area contributed by atoms with Crippen LogP contribution < -0.4 is 10.9 Å². The Morgan fingerprint density at radius 1 is 1.08 bits per heavy atom. The van der Waals surface area contributed by atoms with Crippen LogP contribution in [0.4, 0.5) is 5.69 Å². The van der Waals surface area contributed by atoms with Crippen molar-refractivity contribution in [3.63, 3.8) is 0 Å². The molecule has 190 valence electrons. The van der Waals surface area contributed by atoms with Gasteiger partial charge in [-0.05, 0) is 43.2 Å². The van der Waals surface area contributed by atoms with Crippen LogP contribution in [-0.4, -0.2) is 30.2 Å². The summed E-state index contributed by atoms with van der Waals surface area (Å²) in [7, 11) is 1.84. The molecular formula is C27H26BrClN6O2. The third-order valence-corrected chi connectivity index (χ3v) is 7.71. The highest BCUT2D eigenvalue weighted by Crippen LogP contribution is 2.33. The highest BCUT2D eigenvalue weighted by atomic mass is 79.9. The van der Waals surface area contributed by atoms with Crippen molar-refractivity contribution in [1.29, 1.82) is 0 Å². The number of nitrogens with zero attached hydrogens (tertiary/aromatic N) is 5. The van der Waals surface area contributed by atoms with Gasteiger partial charge in [-0.25, -0.2) is 4.98 Å². The number of hydrogen-bond donors (Lipinski definition) is 1. The summed E-state index contributed by atoms with van der Waals surface area (Å²) in [5.74, 6) is -0.171. The predicted octanol–water partition coefficient (Wildman–Crippen LogP) is 5.86. The Hall–Kier alpha value is -3.30. The monoisotopic (exact) mass is 580 g/mol. The predicted molar refractivity (Wildman–Crippen MR) is 147 cm³/mol. The van der Waals surface area contributed by atoms with Crippen LogP contribution in [0.25, 0.3) is 22.5 Å². The maximum Gasteiger partial charge on any atom is 0.254 e. The highest BCUT2D eigenvalue weighted by molar-refractivity contribution is 9.10. The Labute approximate surface area is 227 Å². The van der Waals surface area contributed by atoms with Gasteiger partial charge in [0.1, 0.15) is 0 Å². The smallest absolute Gasteiger partial charge is 0.254 e. The fourth-order valence-corrected chi connectivity index (χ4v) is 5.36. The van der Waals surface area contributed by atoms with E-state index >= 15 is 0 Å². The first kappa shape index (κ1) is 25.4. The van der Waals surface area contributed by atoms with Crippen molar-refractivity contribution in [3.05, 3.63) is 80.7 Å². The average molecular weight is 582 g/mol. The third-order valence-electron chi connectivity index (χ3n) is 6.78. The number of pyridine rings is 1. The van der Waals surface area contributed by atoms with Crippen molar-refractivity contribution in [2.75, 3.05) is 5.32 Å². The number of aryl methyl sites for hydroxylation is 1. The number of anilines is 1. The van der Waals surface area contributed by atoms with E-state index in [1.54, 1.807) is 40.1 Å². The van der Waals surface area contributed by atoms with E-state index in [-0.39, 0.29) is 23.4 Å². The molecule has 1 aliphatic heterocycles. The summed E-state index contributed by atoms with van der Waals surface area (Å²) in [6.07, 6.45) is 8.09. The Bertz CT molecular complexity index is 1530. The molecule has 37 heavy (non-hydrogen) atoms. The van der Waals surface area contributed by atoms with Gasteiger partial charge < -0.3 is 5.32 Å². The van der Waals surface area contributed by atoms with Gasteiger partial charge in [-0.2, -0.15) is 5.10 Å². The zero-order valence-corrected chi connectivity index (χ0v) is 22.8. The van der Waals surface area contributed by atoms with Crippen molar-refractivity contribution in [1.82, 2.24) is 24.3 Å². The lowest BCUT2D eigenvalue weighted by Crippen LogP contribution is -2.26. The molecule has 2 atom stereocenters. The Kier molecular flexibility index (Phi) is 7.26. The number of halogens is 2. The van der Waals surface area contributed by atoms with Gasteiger partial charge in [0.15, 0.2) is 0 Å². The van der Waals surface area contributed by atoms with Gasteiger partial charge in [0.2, 0.25) is 5.91 Å². The molecule has 1 aliphatic rings. The van der Waals surface area contributed by atoms with Crippen molar-refractivity contribution in [2.45, 2.75) is 38.6 Å². The first-order valence-electron chi connectivity index (χ1n) is 12.1. The number of carbonyl (C=O) groups is 1. The molecule has 0 saturated heterocycles. The minimum Gasteiger partial charge on any atom is -0.323 e. The second kappa shape index (κ2) is 10.6. The van der Waals surface area contributed by atoms with E-state index in [4.69, 9.17) is 11.6 Å². The molecule has 0 aliphatic carbocycles. The molecule has 0 unspecified atom stereocenters. The lowest BCUT2D eigenvalue weighted by Gasteiger charge is -2.20. The summed E-state index contributed by atoms with van der Waals surface area (Å²) in [6, 6.07) is 10.5. The van der Waals surface area contributed by atoms with E-state index in [1.165, 1.54) is 6.07 Å². The zero-order valence-electron chi connectivity index (χ0n) is 20.5. The molecule has 0 spiro atoms. The maximum absolute atomic E-state index is 13.4. The Balaban J connectivity index is 1.59. The van der Waals surface area contributed by atoms with Crippen molar-refractivity contribution < 1.29 is 4.79 Å². The van der Waals surface area contributed by atoms with Gasteiger partial charge >= 0.3 is 0 Å². The summed E-state index contributed by atoms with van der Waals surface area (Å²) in [6.45, 7) is 1.94. The SMILES string of the molecule is C[C@@H]1CCCC[C@H](n2cnc(-c3cc(Cl)ccc3Br)cc2=O)c2cc(ccn2)-c2c(cnn2C)NC1=O. The molecule has 3 aromatic heterocycles. The quantitative estimate of drug-likeness (QED) is 0.320. The van der Waals surface area contributed by atoms with Gasteiger partial charge in [-0.15, -0.1) is 0 Å². The lowest BCUT2D eigenvalue weighted by atomic mass is 9.99. The molecule has 0 fully saturated rings. The van der Waals surface area contributed by atoms with E-state index in [0.717, 1.165) is 46.2 Å². The molecule has 1 N–H and O–H groups in total. The standard InChI is InChI=1S/C27H26BrClN6O2/c1-16-5-3-4-6-24(35-15-31-21(13-25(35)36)19-12-18(29)7-8-20(19)28)22-11-17(9-10-30-22)26-23(33-27(16)37)14-32-34(26)2/h7-16,24H,3-6H2,1-2H3,(H,33,37)/t16-,24+/m1/s1.